The summed E-state index contributed by atoms with van der Waals surface area (Å²) in [5.41, 5.74) is 9.86. The zero-order chi connectivity index (χ0) is 16.2. The number of fused-ring (bicyclic) bond motifs is 1. The van der Waals surface area contributed by atoms with Crippen molar-refractivity contribution in [3.8, 4) is 17.2 Å². The first-order valence-electron chi connectivity index (χ1n) is 7.97. The molecule has 23 heavy (non-hydrogen) atoms. The fraction of sp³-hybridized carbons (Fsp3) is 0.368. The highest BCUT2D eigenvalue weighted by molar-refractivity contribution is 5.46. The number of nitrogens with two attached hydrogens (primary N) is 1. The molecule has 0 radical (unpaired) electrons. The Morgan fingerprint density at radius 1 is 1.09 bits per heavy atom. The Kier molecular flexibility index (Phi) is 4.72. The lowest BCUT2D eigenvalue weighted by molar-refractivity contribution is 0.173. The van der Waals surface area contributed by atoms with Crippen molar-refractivity contribution in [2.75, 3.05) is 19.9 Å². The van der Waals surface area contributed by atoms with Crippen LogP contribution in [-0.2, 0) is 0 Å². The molecule has 2 aromatic rings. The summed E-state index contributed by atoms with van der Waals surface area (Å²) in [6, 6.07) is 12.2. The van der Waals surface area contributed by atoms with Crippen molar-refractivity contribution >= 4 is 0 Å². The molecule has 0 spiro atoms. The van der Waals surface area contributed by atoms with E-state index in [4.69, 9.17) is 19.9 Å². The normalized spacial score (nSPS) is 13.9. The lowest BCUT2D eigenvalue weighted by Crippen LogP contribution is -2.16. The highest BCUT2D eigenvalue weighted by Gasteiger charge is 2.15. The van der Waals surface area contributed by atoms with Gasteiger partial charge in [0.05, 0.1) is 6.61 Å². The van der Waals surface area contributed by atoms with Gasteiger partial charge in [0.15, 0.2) is 11.5 Å². The van der Waals surface area contributed by atoms with E-state index in [9.17, 15) is 0 Å². The molecule has 122 valence electrons. The van der Waals surface area contributed by atoms with Crippen molar-refractivity contribution in [1.82, 2.24) is 0 Å². The largest absolute Gasteiger partial charge is 0.493 e. The molecule has 1 atom stereocenters. The Morgan fingerprint density at radius 3 is 2.74 bits per heavy atom. The van der Waals surface area contributed by atoms with Crippen LogP contribution in [0.4, 0.5) is 0 Å². The van der Waals surface area contributed by atoms with Crippen molar-refractivity contribution in [2.24, 2.45) is 5.73 Å². The van der Waals surface area contributed by atoms with E-state index in [-0.39, 0.29) is 6.79 Å². The van der Waals surface area contributed by atoms with Crippen LogP contribution >= 0.6 is 0 Å². The molecule has 0 amide bonds. The maximum Gasteiger partial charge on any atom is 0.231 e. The van der Waals surface area contributed by atoms with Gasteiger partial charge in [-0.15, -0.1) is 0 Å². The predicted molar refractivity (Wildman–Crippen MR) is 90.4 cm³/mol. The minimum absolute atomic E-state index is 0.278. The highest BCUT2D eigenvalue weighted by Crippen LogP contribution is 2.35. The molecule has 0 aliphatic carbocycles. The number of ether oxygens (including phenoxy) is 3. The van der Waals surface area contributed by atoms with Gasteiger partial charge in [-0.2, -0.15) is 0 Å². The monoisotopic (exact) mass is 313 g/mol. The number of aryl methyl sites for hydroxylation is 2. The highest BCUT2D eigenvalue weighted by atomic mass is 16.7. The third kappa shape index (κ3) is 3.59. The first-order chi connectivity index (χ1) is 11.2. The lowest BCUT2D eigenvalue weighted by atomic mass is 9.91. The maximum atomic E-state index is 5.98. The van der Waals surface area contributed by atoms with Crippen molar-refractivity contribution in [1.29, 1.82) is 0 Å². The number of hydrogen-bond acceptors (Lipinski definition) is 4. The molecular weight excluding hydrogens is 290 g/mol. The second-order valence-electron chi connectivity index (χ2n) is 5.94. The molecule has 0 saturated heterocycles. The zero-order valence-corrected chi connectivity index (χ0v) is 13.7. The molecule has 1 unspecified atom stereocenters. The van der Waals surface area contributed by atoms with Crippen LogP contribution in [0.1, 0.15) is 29.0 Å². The molecule has 4 nitrogen and oxygen atoms in total. The third-order valence-electron chi connectivity index (χ3n) is 4.24. The molecule has 1 heterocycles. The minimum atomic E-state index is 0.278. The molecule has 0 aromatic heterocycles. The van der Waals surface area contributed by atoms with E-state index in [2.05, 4.69) is 32.0 Å². The van der Waals surface area contributed by atoms with E-state index in [1.807, 2.05) is 18.2 Å². The van der Waals surface area contributed by atoms with Gasteiger partial charge in [0.25, 0.3) is 0 Å². The van der Waals surface area contributed by atoms with E-state index in [0.29, 0.717) is 19.1 Å². The van der Waals surface area contributed by atoms with Gasteiger partial charge in [-0.25, -0.2) is 0 Å². The summed E-state index contributed by atoms with van der Waals surface area (Å²) >= 11 is 0. The molecule has 0 fully saturated rings. The molecule has 2 aromatic carbocycles. The Morgan fingerprint density at radius 2 is 1.91 bits per heavy atom. The second-order valence-corrected chi connectivity index (χ2v) is 5.94. The zero-order valence-electron chi connectivity index (χ0n) is 13.7. The maximum absolute atomic E-state index is 5.98. The van der Waals surface area contributed by atoms with Crippen LogP contribution in [-0.4, -0.2) is 19.9 Å². The van der Waals surface area contributed by atoms with Crippen LogP contribution < -0.4 is 19.9 Å². The smallest absolute Gasteiger partial charge is 0.231 e. The summed E-state index contributed by atoms with van der Waals surface area (Å²) in [4.78, 5) is 0. The van der Waals surface area contributed by atoms with Crippen LogP contribution in [0.25, 0.3) is 0 Å². The van der Waals surface area contributed by atoms with Gasteiger partial charge in [-0.05, 0) is 56.0 Å². The van der Waals surface area contributed by atoms with Crippen molar-refractivity contribution in [3.63, 3.8) is 0 Å². The summed E-state index contributed by atoms with van der Waals surface area (Å²) in [6.07, 6.45) is 0.884. The topological polar surface area (TPSA) is 53.7 Å². The van der Waals surface area contributed by atoms with Crippen LogP contribution in [0.2, 0.25) is 0 Å². The molecule has 3 rings (SSSR count). The van der Waals surface area contributed by atoms with Gasteiger partial charge in [0, 0.05) is 6.07 Å². The Bertz CT molecular complexity index is 684. The fourth-order valence-corrected chi connectivity index (χ4v) is 2.89. The van der Waals surface area contributed by atoms with Crippen LogP contribution in [0, 0.1) is 13.8 Å². The van der Waals surface area contributed by atoms with Crippen molar-refractivity contribution in [3.05, 3.63) is 53.1 Å². The molecule has 0 bridgehead atoms. The number of hydrogen-bond donors (Lipinski definition) is 1. The molecule has 1 aliphatic heterocycles. The van der Waals surface area contributed by atoms with Gasteiger partial charge < -0.3 is 19.9 Å². The third-order valence-corrected chi connectivity index (χ3v) is 4.24. The average molecular weight is 313 g/mol. The predicted octanol–water partition coefficient (Wildman–Crippen LogP) is 3.54. The first kappa shape index (κ1) is 15.7. The Labute approximate surface area is 137 Å². The van der Waals surface area contributed by atoms with Gasteiger partial charge in [-0.1, -0.05) is 23.8 Å². The summed E-state index contributed by atoms with van der Waals surface area (Å²) < 4.78 is 16.5. The summed E-state index contributed by atoms with van der Waals surface area (Å²) in [5, 5.41) is 0. The van der Waals surface area contributed by atoms with E-state index in [1.165, 1.54) is 16.7 Å². The van der Waals surface area contributed by atoms with E-state index < -0.39 is 0 Å². The first-order valence-corrected chi connectivity index (χ1v) is 7.97. The molecular formula is C19H23NO3. The second kappa shape index (κ2) is 6.92. The fourth-order valence-electron chi connectivity index (χ4n) is 2.89. The standard InChI is InChI=1S/C19H23NO3/c1-13-3-4-14(2)17(9-13)15(11-20)7-8-21-16-5-6-18-19(10-16)23-12-22-18/h3-6,9-10,15H,7-8,11-12,20H2,1-2H3. The molecule has 4 heteroatoms. The van der Waals surface area contributed by atoms with Crippen LogP contribution in [0.15, 0.2) is 36.4 Å². The summed E-state index contributed by atoms with van der Waals surface area (Å²) in [6.45, 7) is 5.76. The minimum Gasteiger partial charge on any atom is -0.493 e. The summed E-state index contributed by atoms with van der Waals surface area (Å²) in [7, 11) is 0. The molecule has 1 aliphatic rings. The SMILES string of the molecule is Cc1ccc(C)c(C(CN)CCOc2ccc3c(c2)OCO3)c1. The van der Waals surface area contributed by atoms with Crippen molar-refractivity contribution < 1.29 is 14.2 Å². The number of rotatable bonds is 6. The van der Waals surface area contributed by atoms with Crippen molar-refractivity contribution in [2.45, 2.75) is 26.2 Å². The van der Waals surface area contributed by atoms with Gasteiger partial charge in [0.2, 0.25) is 6.79 Å². The molecule has 2 N–H and O–H groups in total. The van der Waals surface area contributed by atoms with E-state index in [1.54, 1.807) is 0 Å². The lowest BCUT2D eigenvalue weighted by Gasteiger charge is -2.18. The Balaban J connectivity index is 1.61. The van der Waals surface area contributed by atoms with Crippen LogP contribution in [0.3, 0.4) is 0 Å². The Hall–Kier alpha value is -2.20. The molecule has 0 saturated carbocycles. The van der Waals surface area contributed by atoms with Gasteiger partial charge in [-0.3, -0.25) is 0 Å². The summed E-state index contributed by atoms with van der Waals surface area (Å²) in [5.74, 6) is 2.62. The van der Waals surface area contributed by atoms with E-state index >= 15 is 0 Å². The average Bonchev–Trinajstić information content (AvgIpc) is 3.02. The van der Waals surface area contributed by atoms with Crippen LogP contribution in [0.5, 0.6) is 17.2 Å². The quantitative estimate of drug-likeness (QED) is 0.886. The number of benzene rings is 2. The van der Waals surface area contributed by atoms with Gasteiger partial charge >= 0.3 is 0 Å². The van der Waals surface area contributed by atoms with E-state index in [0.717, 1.165) is 23.7 Å². The van der Waals surface area contributed by atoms with Gasteiger partial charge in [0.1, 0.15) is 5.75 Å².